The van der Waals surface area contributed by atoms with Crippen molar-refractivity contribution >= 4 is 18.2 Å². The summed E-state index contributed by atoms with van der Waals surface area (Å²) in [6.45, 7) is 3.31. The molecule has 0 aromatic carbocycles. The SMILES string of the molecule is CCOC(=O)c1cnc(C=O)c(O)c1C(=O)OCC. The standard InChI is InChI=1S/C12H13NO6/c1-3-18-11(16)7-5-13-8(6-14)10(15)9(7)12(17)19-4-2/h5-6,15H,3-4H2,1-2H3. The van der Waals surface area contributed by atoms with Gasteiger partial charge in [0.1, 0.15) is 11.3 Å². The molecular formula is C12H13NO6. The van der Waals surface area contributed by atoms with E-state index in [0.29, 0.717) is 0 Å². The van der Waals surface area contributed by atoms with Crippen molar-refractivity contribution in [3.63, 3.8) is 0 Å². The molecule has 0 aliphatic rings. The number of hydrogen-bond acceptors (Lipinski definition) is 7. The first-order chi connectivity index (χ1) is 9.06. The lowest BCUT2D eigenvalue weighted by molar-refractivity contribution is 0.0475. The van der Waals surface area contributed by atoms with Crippen molar-refractivity contribution in [1.29, 1.82) is 0 Å². The van der Waals surface area contributed by atoms with Crippen LogP contribution < -0.4 is 0 Å². The van der Waals surface area contributed by atoms with Crippen LogP contribution in [0.3, 0.4) is 0 Å². The Bertz CT molecular complexity index is 511. The van der Waals surface area contributed by atoms with Gasteiger partial charge in [-0.1, -0.05) is 0 Å². The Morgan fingerprint density at radius 3 is 2.37 bits per heavy atom. The van der Waals surface area contributed by atoms with Gasteiger partial charge in [-0.3, -0.25) is 4.79 Å². The van der Waals surface area contributed by atoms with E-state index in [-0.39, 0.29) is 30.8 Å². The largest absolute Gasteiger partial charge is 0.505 e. The molecule has 1 aromatic rings. The van der Waals surface area contributed by atoms with Gasteiger partial charge in [0, 0.05) is 6.20 Å². The minimum Gasteiger partial charge on any atom is -0.505 e. The predicted octanol–water partition coefficient (Wildman–Crippen LogP) is 0.953. The highest BCUT2D eigenvalue weighted by Gasteiger charge is 2.26. The second kappa shape index (κ2) is 6.48. The lowest BCUT2D eigenvalue weighted by Gasteiger charge is -2.10. The van der Waals surface area contributed by atoms with Crippen molar-refractivity contribution in [3.8, 4) is 5.75 Å². The average molecular weight is 267 g/mol. The van der Waals surface area contributed by atoms with Crippen LogP contribution in [0.25, 0.3) is 0 Å². The van der Waals surface area contributed by atoms with E-state index < -0.39 is 23.3 Å². The molecule has 0 radical (unpaired) electrons. The Morgan fingerprint density at radius 2 is 1.84 bits per heavy atom. The summed E-state index contributed by atoms with van der Waals surface area (Å²) >= 11 is 0. The number of nitrogens with zero attached hydrogens (tertiary/aromatic N) is 1. The smallest absolute Gasteiger partial charge is 0.342 e. The first-order valence-corrected chi connectivity index (χ1v) is 5.58. The predicted molar refractivity (Wildman–Crippen MR) is 63.2 cm³/mol. The zero-order valence-corrected chi connectivity index (χ0v) is 10.5. The molecule has 0 saturated heterocycles. The Kier molecular flexibility index (Phi) is 4.99. The van der Waals surface area contributed by atoms with Crippen molar-refractivity contribution in [2.45, 2.75) is 13.8 Å². The molecule has 0 aliphatic heterocycles. The Balaban J connectivity index is 3.38. The third-order valence-corrected chi connectivity index (χ3v) is 2.17. The minimum absolute atomic E-state index is 0.0548. The van der Waals surface area contributed by atoms with Gasteiger partial charge < -0.3 is 14.6 Å². The summed E-state index contributed by atoms with van der Waals surface area (Å²) < 4.78 is 9.47. The van der Waals surface area contributed by atoms with Crippen LogP contribution >= 0.6 is 0 Å². The van der Waals surface area contributed by atoms with Crippen molar-refractivity contribution < 1.29 is 29.0 Å². The topological polar surface area (TPSA) is 103 Å². The number of esters is 2. The molecule has 0 saturated carbocycles. The number of ether oxygens (including phenoxy) is 2. The van der Waals surface area contributed by atoms with Gasteiger partial charge in [-0.2, -0.15) is 0 Å². The van der Waals surface area contributed by atoms with Crippen molar-refractivity contribution in [2.24, 2.45) is 0 Å². The highest BCUT2D eigenvalue weighted by molar-refractivity contribution is 6.06. The van der Waals surface area contributed by atoms with E-state index >= 15 is 0 Å². The third kappa shape index (κ3) is 3.06. The maximum Gasteiger partial charge on any atom is 0.342 e. The summed E-state index contributed by atoms with van der Waals surface area (Å²) in [7, 11) is 0. The van der Waals surface area contributed by atoms with Crippen molar-refractivity contribution in [2.75, 3.05) is 13.2 Å². The van der Waals surface area contributed by atoms with Crippen LogP contribution in [-0.2, 0) is 9.47 Å². The molecule has 19 heavy (non-hydrogen) atoms. The van der Waals surface area contributed by atoms with Crippen LogP contribution in [0.15, 0.2) is 6.20 Å². The molecule has 1 N–H and O–H groups in total. The number of carbonyl (C=O) groups is 3. The van der Waals surface area contributed by atoms with E-state index in [9.17, 15) is 19.5 Å². The van der Waals surface area contributed by atoms with Gasteiger partial charge in [0.2, 0.25) is 0 Å². The Hall–Kier alpha value is -2.44. The van der Waals surface area contributed by atoms with Crippen molar-refractivity contribution in [3.05, 3.63) is 23.0 Å². The van der Waals surface area contributed by atoms with Crippen LogP contribution in [0.1, 0.15) is 45.1 Å². The van der Waals surface area contributed by atoms with Crippen LogP contribution in [0.4, 0.5) is 0 Å². The summed E-state index contributed by atoms with van der Waals surface area (Å²) in [5.41, 5.74) is -1.02. The molecule has 7 nitrogen and oxygen atoms in total. The highest BCUT2D eigenvalue weighted by Crippen LogP contribution is 2.24. The molecule has 0 spiro atoms. The summed E-state index contributed by atoms with van der Waals surface area (Å²) in [5, 5.41) is 9.78. The fourth-order valence-electron chi connectivity index (χ4n) is 1.38. The van der Waals surface area contributed by atoms with E-state index in [2.05, 4.69) is 4.98 Å². The molecule has 0 aliphatic carbocycles. The molecule has 1 rings (SSSR count). The monoisotopic (exact) mass is 267 g/mol. The maximum atomic E-state index is 11.7. The molecule has 1 aromatic heterocycles. The Morgan fingerprint density at radius 1 is 1.26 bits per heavy atom. The summed E-state index contributed by atoms with van der Waals surface area (Å²) in [5.74, 6) is -2.45. The molecule has 0 fully saturated rings. The number of aldehydes is 1. The molecular weight excluding hydrogens is 254 g/mol. The van der Waals surface area contributed by atoms with E-state index in [1.807, 2.05) is 0 Å². The number of hydrogen-bond donors (Lipinski definition) is 1. The minimum atomic E-state index is -0.923. The van der Waals surface area contributed by atoms with Gasteiger partial charge in [0.25, 0.3) is 0 Å². The maximum absolute atomic E-state index is 11.7. The van der Waals surface area contributed by atoms with Crippen LogP contribution in [0.5, 0.6) is 5.75 Å². The average Bonchev–Trinajstić information content (AvgIpc) is 2.38. The van der Waals surface area contributed by atoms with Crippen molar-refractivity contribution in [1.82, 2.24) is 4.98 Å². The van der Waals surface area contributed by atoms with E-state index in [0.717, 1.165) is 6.20 Å². The van der Waals surface area contributed by atoms with Gasteiger partial charge in [-0.05, 0) is 13.8 Å². The van der Waals surface area contributed by atoms with E-state index in [4.69, 9.17) is 9.47 Å². The van der Waals surface area contributed by atoms with Gasteiger partial charge in [0.15, 0.2) is 12.0 Å². The quantitative estimate of drug-likeness (QED) is 0.625. The Labute approximate surface area is 109 Å². The van der Waals surface area contributed by atoms with Gasteiger partial charge in [0.05, 0.1) is 18.8 Å². The normalized spacial score (nSPS) is 9.79. The van der Waals surface area contributed by atoms with Gasteiger partial charge in [-0.15, -0.1) is 0 Å². The molecule has 1 heterocycles. The van der Waals surface area contributed by atoms with Crippen LogP contribution in [-0.4, -0.2) is 41.5 Å². The molecule has 102 valence electrons. The number of pyridine rings is 1. The number of aromatic nitrogens is 1. The fourth-order valence-corrected chi connectivity index (χ4v) is 1.38. The number of carbonyl (C=O) groups excluding carboxylic acids is 3. The van der Waals surface area contributed by atoms with E-state index in [1.165, 1.54) is 0 Å². The first-order valence-electron chi connectivity index (χ1n) is 5.58. The summed E-state index contributed by atoms with van der Waals surface area (Å²) in [6, 6.07) is 0. The van der Waals surface area contributed by atoms with Gasteiger partial charge >= 0.3 is 11.9 Å². The lowest BCUT2D eigenvalue weighted by Crippen LogP contribution is -2.16. The summed E-state index contributed by atoms with van der Waals surface area (Å²) in [6.07, 6.45) is 1.26. The second-order valence-corrected chi connectivity index (χ2v) is 3.34. The van der Waals surface area contributed by atoms with Crippen LogP contribution in [0, 0.1) is 0 Å². The lowest BCUT2D eigenvalue weighted by atomic mass is 10.1. The molecule has 0 atom stereocenters. The number of rotatable bonds is 5. The molecule has 0 amide bonds. The first kappa shape index (κ1) is 14.6. The zero-order valence-electron chi connectivity index (χ0n) is 10.5. The molecule has 0 unspecified atom stereocenters. The van der Waals surface area contributed by atoms with E-state index in [1.54, 1.807) is 13.8 Å². The van der Waals surface area contributed by atoms with Crippen LogP contribution in [0.2, 0.25) is 0 Å². The highest BCUT2D eigenvalue weighted by atomic mass is 16.5. The zero-order chi connectivity index (χ0) is 14.4. The molecule has 7 heteroatoms. The summed E-state index contributed by atoms with van der Waals surface area (Å²) in [4.78, 5) is 37.6. The third-order valence-electron chi connectivity index (χ3n) is 2.17. The second-order valence-electron chi connectivity index (χ2n) is 3.34. The fraction of sp³-hybridized carbons (Fsp3) is 0.333. The number of aromatic hydroxyl groups is 1. The van der Waals surface area contributed by atoms with Gasteiger partial charge in [-0.25, -0.2) is 14.6 Å². The molecule has 0 bridgehead atoms.